The Balaban J connectivity index is 2.63. The van der Waals surface area contributed by atoms with Gasteiger partial charge in [-0.05, 0) is 37.6 Å². The molecule has 0 aliphatic heterocycles. The van der Waals surface area contributed by atoms with Gasteiger partial charge in [-0.2, -0.15) is 0 Å². The average molecular weight is 278 g/mol. The molecule has 0 heterocycles. The van der Waals surface area contributed by atoms with Gasteiger partial charge in [-0.15, -0.1) is 0 Å². The molecule has 0 aliphatic carbocycles. The Kier molecular flexibility index (Phi) is 3.24. The van der Waals surface area contributed by atoms with E-state index in [0.717, 1.165) is 11.6 Å². The molecule has 0 atom stereocenters. The molecule has 2 N–H and O–H groups in total. The van der Waals surface area contributed by atoms with Gasteiger partial charge < -0.3 is 10.2 Å². The monoisotopic (exact) mass is 278 g/mol. The first-order valence-corrected chi connectivity index (χ1v) is 7.15. The molecule has 5 heteroatoms. The van der Waals surface area contributed by atoms with Gasteiger partial charge in [-0.3, -0.25) is 0 Å². The second-order valence-electron chi connectivity index (χ2n) is 4.42. The van der Waals surface area contributed by atoms with Crippen molar-refractivity contribution in [3.8, 4) is 11.5 Å². The number of hydrogen-bond acceptors (Lipinski definition) is 4. The molecular weight excluding hydrogens is 264 g/mol. The number of sulfone groups is 1. The molecule has 19 heavy (non-hydrogen) atoms. The van der Waals surface area contributed by atoms with E-state index in [4.69, 9.17) is 0 Å². The molecule has 2 rings (SSSR count). The molecule has 0 fully saturated rings. The zero-order valence-corrected chi connectivity index (χ0v) is 11.4. The van der Waals surface area contributed by atoms with Gasteiger partial charge in [0.05, 0.1) is 4.90 Å². The largest absolute Gasteiger partial charge is 0.508 e. The van der Waals surface area contributed by atoms with Crippen molar-refractivity contribution in [3.05, 3.63) is 47.5 Å². The Bertz CT molecular complexity index is 716. The molecule has 0 unspecified atom stereocenters. The van der Waals surface area contributed by atoms with Gasteiger partial charge >= 0.3 is 0 Å². The van der Waals surface area contributed by atoms with Gasteiger partial charge in [0.1, 0.15) is 16.4 Å². The lowest BCUT2D eigenvalue weighted by Crippen LogP contribution is -2.03. The SMILES string of the molecule is Cc1ccc(S(=O)(=O)c2cc(C)c(O)cc2O)cc1. The molecule has 100 valence electrons. The van der Waals surface area contributed by atoms with Crippen LogP contribution in [0.1, 0.15) is 11.1 Å². The summed E-state index contributed by atoms with van der Waals surface area (Å²) in [6.07, 6.45) is 0. The van der Waals surface area contributed by atoms with Gasteiger partial charge in [0.15, 0.2) is 0 Å². The lowest BCUT2D eigenvalue weighted by atomic mass is 10.2. The van der Waals surface area contributed by atoms with Crippen LogP contribution in [0.4, 0.5) is 0 Å². The van der Waals surface area contributed by atoms with Crippen molar-refractivity contribution >= 4 is 9.84 Å². The minimum Gasteiger partial charge on any atom is -0.508 e. The highest BCUT2D eigenvalue weighted by molar-refractivity contribution is 7.91. The van der Waals surface area contributed by atoms with Gasteiger partial charge in [0.25, 0.3) is 0 Å². The zero-order chi connectivity index (χ0) is 14.2. The molecule has 0 amide bonds. The smallest absolute Gasteiger partial charge is 0.210 e. The maximum Gasteiger partial charge on any atom is 0.210 e. The van der Waals surface area contributed by atoms with Crippen molar-refractivity contribution in [2.75, 3.05) is 0 Å². The summed E-state index contributed by atoms with van der Waals surface area (Å²) >= 11 is 0. The molecule has 2 aromatic rings. The van der Waals surface area contributed by atoms with Gasteiger partial charge in [-0.25, -0.2) is 8.42 Å². The lowest BCUT2D eigenvalue weighted by molar-refractivity contribution is 0.437. The van der Waals surface area contributed by atoms with E-state index in [9.17, 15) is 18.6 Å². The molecule has 0 spiro atoms. The Morgan fingerprint density at radius 2 is 1.47 bits per heavy atom. The quantitative estimate of drug-likeness (QED) is 0.885. The standard InChI is InChI=1S/C14H14O4S/c1-9-3-5-11(6-4-9)19(17,18)14-7-10(2)12(15)8-13(14)16/h3-8,15-16H,1-2H3. The summed E-state index contributed by atoms with van der Waals surface area (Å²) in [7, 11) is -3.79. The summed E-state index contributed by atoms with van der Waals surface area (Å²) in [6, 6.07) is 8.67. The lowest BCUT2D eigenvalue weighted by Gasteiger charge is -2.09. The average Bonchev–Trinajstić information content (AvgIpc) is 2.34. The Labute approximate surface area is 111 Å². The third-order valence-electron chi connectivity index (χ3n) is 2.90. The molecule has 0 saturated carbocycles. The van der Waals surface area contributed by atoms with Gasteiger partial charge in [0, 0.05) is 6.07 Å². The molecule has 2 aromatic carbocycles. The topological polar surface area (TPSA) is 74.6 Å². The first kappa shape index (κ1) is 13.4. The summed E-state index contributed by atoms with van der Waals surface area (Å²) in [6.45, 7) is 3.43. The minimum absolute atomic E-state index is 0.110. The Hall–Kier alpha value is -2.01. The number of benzene rings is 2. The first-order chi connectivity index (χ1) is 8.82. The fraction of sp³-hybridized carbons (Fsp3) is 0.143. The van der Waals surface area contributed by atoms with Crippen LogP contribution < -0.4 is 0 Å². The minimum atomic E-state index is -3.79. The third kappa shape index (κ3) is 2.42. The highest BCUT2D eigenvalue weighted by atomic mass is 32.2. The van der Waals surface area contributed by atoms with Crippen LogP contribution in [0, 0.1) is 13.8 Å². The van der Waals surface area contributed by atoms with Crippen molar-refractivity contribution in [2.45, 2.75) is 23.6 Å². The van der Waals surface area contributed by atoms with E-state index in [-0.39, 0.29) is 15.5 Å². The van der Waals surface area contributed by atoms with Gasteiger partial charge in [0.2, 0.25) is 9.84 Å². The molecular formula is C14H14O4S. The summed E-state index contributed by atoms with van der Waals surface area (Å²) in [5, 5.41) is 19.2. The summed E-state index contributed by atoms with van der Waals surface area (Å²) in [5.41, 5.74) is 1.34. The second-order valence-corrected chi connectivity index (χ2v) is 6.34. The van der Waals surface area contributed by atoms with Crippen molar-refractivity contribution < 1.29 is 18.6 Å². The summed E-state index contributed by atoms with van der Waals surface area (Å²) in [4.78, 5) is -0.0925. The molecule has 0 bridgehead atoms. The van der Waals surface area contributed by atoms with Crippen molar-refractivity contribution in [3.63, 3.8) is 0 Å². The van der Waals surface area contributed by atoms with Crippen LogP contribution in [0.15, 0.2) is 46.2 Å². The van der Waals surface area contributed by atoms with Crippen molar-refractivity contribution in [2.24, 2.45) is 0 Å². The van der Waals surface area contributed by atoms with E-state index in [1.807, 2.05) is 6.92 Å². The number of aromatic hydroxyl groups is 2. The molecule has 0 aliphatic rings. The van der Waals surface area contributed by atoms with Crippen LogP contribution in [-0.4, -0.2) is 18.6 Å². The van der Waals surface area contributed by atoms with Crippen LogP contribution in [-0.2, 0) is 9.84 Å². The number of phenolic OH excluding ortho intramolecular Hbond substituents is 2. The van der Waals surface area contributed by atoms with E-state index < -0.39 is 15.6 Å². The number of aryl methyl sites for hydroxylation is 2. The second kappa shape index (κ2) is 4.59. The van der Waals surface area contributed by atoms with E-state index in [2.05, 4.69) is 0 Å². The maximum absolute atomic E-state index is 12.4. The highest BCUT2D eigenvalue weighted by Crippen LogP contribution is 2.33. The summed E-state index contributed by atoms with van der Waals surface area (Å²) in [5.74, 6) is -0.593. The van der Waals surface area contributed by atoms with Crippen LogP contribution in [0.2, 0.25) is 0 Å². The third-order valence-corrected chi connectivity index (χ3v) is 4.70. The van der Waals surface area contributed by atoms with E-state index in [1.54, 1.807) is 19.1 Å². The number of rotatable bonds is 2. The Morgan fingerprint density at radius 3 is 2.05 bits per heavy atom. The predicted molar refractivity (Wildman–Crippen MR) is 71.1 cm³/mol. The number of phenols is 2. The van der Waals surface area contributed by atoms with Crippen molar-refractivity contribution in [1.29, 1.82) is 0 Å². The summed E-state index contributed by atoms with van der Waals surface area (Å²) < 4.78 is 24.8. The van der Waals surface area contributed by atoms with Crippen LogP contribution in [0.5, 0.6) is 11.5 Å². The molecule has 0 radical (unpaired) electrons. The van der Waals surface area contributed by atoms with Crippen LogP contribution in [0.3, 0.4) is 0 Å². The van der Waals surface area contributed by atoms with E-state index in [1.165, 1.54) is 18.2 Å². The van der Waals surface area contributed by atoms with E-state index in [0.29, 0.717) is 5.56 Å². The zero-order valence-electron chi connectivity index (χ0n) is 10.6. The maximum atomic E-state index is 12.4. The van der Waals surface area contributed by atoms with Crippen LogP contribution in [0.25, 0.3) is 0 Å². The van der Waals surface area contributed by atoms with E-state index >= 15 is 0 Å². The molecule has 0 aromatic heterocycles. The van der Waals surface area contributed by atoms with Gasteiger partial charge in [-0.1, -0.05) is 17.7 Å². The normalized spacial score (nSPS) is 11.5. The highest BCUT2D eigenvalue weighted by Gasteiger charge is 2.22. The van der Waals surface area contributed by atoms with Crippen molar-refractivity contribution in [1.82, 2.24) is 0 Å². The number of hydrogen-bond donors (Lipinski definition) is 2. The fourth-order valence-electron chi connectivity index (χ4n) is 1.72. The predicted octanol–water partition coefficient (Wildman–Crippen LogP) is 2.55. The molecule has 4 nitrogen and oxygen atoms in total. The Morgan fingerprint density at radius 1 is 0.895 bits per heavy atom. The van der Waals surface area contributed by atoms with Crippen LogP contribution >= 0.6 is 0 Å². The first-order valence-electron chi connectivity index (χ1n) is 5.66. The fourth-order valence-corrected chi connectivity index (χ4v) is 3.13. The molecule has 0 saturated heterocycles.